The van der Waals surface area contributed by atoms with Gasteiger partial charge in [-0.15, -0.1) is 0 Å². The van der Waals surface area contributed by atoms with Crippen LogP contribution in [0, 0.1) is 11.8 Å². The standard InChI is InChI=1S/C20H17NO3/c22-19-17-8-4-5-9-18(17)20(23)21(19)14-10-12-16(13-11-14)24-15-6-2-1-3-7-15/h1-7,10-13,17-18H,8-9H2/t17-,18-/m1/s1. The first-order chi connectivity index (χ1) is 11.7. The second kappa shape index (κ2) is 5.96. The van der Waals surface area contributed by atoms with Crippen LogP contribution in [0.5, 0.6) is 11.5 Å². The number of amides is 2. The number of allylic oxidation sites excluding steroid dienone is 2. The van der Waals surface area contributed by atoms with E-state index in [0.717, 1.165) is 5.75 Å². The van der Waals surface area contributed by atoms with Crippen molar-refractivity contribution in [2.24, 2.45) is 11.8 Å². The zero-order chi connectivity index (χ0) is 16.5. The number of carbonyl (C=O) groups excluding carboxylic acids is 2. The number of rotatable bonds is 3. The van der Waals surface area contributed by atoms with Crippen molar-refractivity contribution in [2.45, 2.75) is 12.8 Å². The molecule has 2 aromatic rings. The summed E-state index contributed by atoms with van der Waals surface area (Å²) in [6.07, 6.45) is 5.29. The van der Waals surface area contributed by atoms with Gasteiger partial charge in [-0.3, -0.25) is 14.5 Å². The van der Waals surface area contributed by atoms with Gasteiger partial charge < -0.3 is 4.74 Å². The van der Waals surface area contributed by atoms with E-state index in [0.29, 0.717) is 24.3 Å². The quantitative estimate of drug-likeness (QED) is 0.636. The molecule has 120 valence electrons. The monoisotopic (exact) mass is 319 g/mol. The number of hydrogen-bond acceptors (Lipinski definition) is 3. The molecule has 0 saturated carbocycles. The van der Waals surface area contributed by atoms with E-state index in [1.807, 2.05) is 42.5 Å². The molecule has 0 N–H and O–H groups in total. The Hall–Kier alpha value is -2.88. The lowest BCUT2D eigenvalue weighted by Gasteiger charge is -2.15. The Morgan fingerprint density at radius 3 is 1.88 bits per heavy atom. The maximum absolute atomic E-state index is 12.6. The van der Waals surface area contributed by atoms with E-state index in [-0.39, 0.29) is 23.7 Å². The molecule has 4 heteroatoms. The summed E-state index contributed by atoms with van der Waals surface area (Å²) in [4.78, 5) is 26.5. The van der Waals surface area contributed by atoms with E-state index in [2.05, 4.69) is 0 Å². The predicted molar refractivity (Wildman–Crippen MR) is 90.8 cm³/mol. The SMILES string of the molecule is O=C1[C@@H]2CC=CC[C@H]2C(=O)N1c1ccc(Oc2ccccc2)cc1. The van der Waals surface area contributed by atoms with Crippen molar-refractivity contribution in [3.63, 3.8) is 0 Å². The van der Waals surface area contributed by atoms with E-state index in [4.69, 9.17) is 4.74 Å². The van der Waals surface area contributed by atoms with Crippen LogP contribution in [0.3, 0.4) is 0 Å². The Labute approximate surface area is 140 Å². The summed E-state index contributed by atoms with van der Waals surface area (Å²) >= 11 is 0. The molecular weight excluding hydrogens is 302 g/mol. The Kier molecular flexibility index (Phi) is 3.65. The van der Waals surface area contributed by atoms with Gasteiger partial charge in [-0.05, 0) is 49.2 Å². The van der Waals surface area contributed by atoms with Crippen LogP contribution in [0.25, 0.3) is 0 Å². The number of fused-ring (bicyclic) bond motifs is 1. The normalized spacial score (nSPS) is 22.6. The third-order valence-electron chi connectivity index (χ3n) is 4.58. The van der Waals surface area contributed by atoms with Gasteiger partial charge in [0.25, 0.3) is 0 Å². The van der Waals surface area contributed by atoms with Gasteiger partial charge in [-0.1, -0.05) is 30.4 Å². The van der Waals surface area contributed by atoms with E-state index < -0.39 is 0 Å². The molecule has 1 fully saturated rings. The summed E-state index contributed by atoms with van der Waals surface area (Å²) in [6.45, 7) is 0. The van der Waals surface area contributed by atoms with Crippen LogP contribution < -0.4 is 9.64 Å². The number of nitrogens with zero attached hydrogens (tertiary/aromatic N) is 1. The van der Waals surface area contributed by atoms with E-state index >= 15 is 0 Å². The zero-order valence-electron chi connectivity index (χ0n) is 13.1. The number of anilines is 1. The zero-order valence-corrected chi connectivity index (χ0v) is 13.1. The highest BCUT2D eigenvalue weighted by Crippen LogP contribution is 2.38. The second-order valence-electron chi connectivity index (χ2n) is 6.08. The van der Waals surface area contributed by atoms with Crippen LogP contribution in [0.15, 0.2) is 66.7 Å². The molecule has 2 aromatic carbocycles. The lowest BCUT2D eigenvalue weighted by molar-refractivity contribution is -0.122. The van der Waals surface area contributed by atoms with Crippen molar-refractivity contribution in [1.82, 2.24) is 0 Å². The van der Waals surface area contributed by atoms with Gasteiger partial charge in [-0.25, -0.2) is 0 Å². The van der Waals surface area contributed by atoms with Crippen LogP contribution in [-0.2, 0) is 9.59 Å². The maximum Gasteiger partial charge on any atom is 0.238 e. The van der Waals surface area contributed by atoms with Crippen LogP contribution in [0.1, 0.15) is 12.8 Å². The third kappa shape index (κ3) is 2.50. The highest BCUT2D eigenvalue weighted by Gasteiger charge is 2.47. The number of imide groups is 1. The van der Waals surface area contributed by atoms with Crippen molar-refractivity contribution >= 4 is 17.5 Å². The molecule has 1 heterocycles. The van der Waals surface area contributed by atoms with Gasteiger partial charge >= 0.3 is 0 Å². The maximum atomic E-state index is 12.6. The summed E-state index contributed by atoms with van der Waals surface area (Å²) in [5.41, 5.74) is 0.611. The molecule has 2 amide bonds. The minimum atomic E-state index is -0.206. The fourth-order valence-electron chi connectivity index (χ4n) is 3.34. The van der Waals surface area contributed by atoms with Crippen LogP contribution in [0.2, 0.25) is 0 Å². The first-order valence-electron chi connectivity index (χ1n) is 8.10. The highest BCUT2D eigenvalue weighted by atomic mass is 16.5. The summed E-state index contributed by atoms with van der Waals surface area (Å²) in [5, 5.41) is 0. The summed E-state index contributed by atoms with van der Waals surface area (Å²) in [7, 11) is 0. The van der Waals surface area contributed by atoms with Crippen molar-refractivity contribution < 1.29 is 14.3 Å². The smallest absolute Gasteiger partial charge is 0.238 e. The average Bonchev–Trinajstić information content (AvgIpc) is 2.88. The van der Waals surface area contributed by atoms with Crippen molar-refractivity contribution in [3.05, 3.63) is 66.7 Å². The molecule has 0 unspecified atom stereocenters. The van der Waals surface area contributed by atoms with Gasteiger partial charge in [-0.2, -0.15) is 0 Å². The first kappa shape index (κ1) is 14.7. The molecule has 2 atom stereocenters. The Morgan fingerprint density at radius 2 is 1.29 bits per heavy atom. The van der Waals surface area contributed by atoms with Crippen molar-refractivity contribution in [3.8, 4) is 11.5 Å². The first-order valence-corrected chi connectivity index (χ1v) is 8.10. The van der Waals surface area contributed by atoms with Crippen molar-refractivity contribution in [2.75, 3.05) is 4.90 Å². The van der Waals surface area contributed by atoms with E-state index in [9.17, 15) is 9.59 Å². The summed E-state index contributed by atoms with van der Waals surface area (Å²) < 4.78 is 5.75. The molecule has 0 radical (unpaired) electrons. The Bertz CT molecular complexity index is 769. The van der Waals surface area contributed by atoms with Gasteiger partial charge in [0.1, 0.15) is 11.5 Å². The predicted octanol–water partition coefficient (Wildman–Crippen LogP) is 3.93. The summed E-state index contributed by atoms with van der Waals surface area (Å²) in [5.74, 6) is 0.821. The number of carbonyl (C=O) groups is 2. The fourth-order valence-corrected chi connectivity index (χ4v) is 3.34. The molecule has 0 bridgehead atoms. The molecule has 1 aliphatic carbocycles. The topological polar surface area (TPSA) is 46.6 Å². The average molecular weight is 319 g/mol. The number of para-hydroxylation sites is 1. The van der Waals surface area contributed by atoms with Crippen LogP contribution >= 0.6 is 0 Å². The molecular formula is C20H17NO3. The van der Waals surface area contributed by atoms with Gasteiger partial charge in [0, 0.05) is 0 Å². The lowest BCUT2D eigenvalue weighted by atomic mass is 9.85. The molecule has 4 nitrogen and oxygen atoms in total. The lowest BCUT2D eigenvalue weighted by Crippen LogP contribution is -2.30. The molecule has 1 aliphatic heterocycles. The fraction of sp³-hybridized carbons (Fsp3) is 0.200. The summed E-state index contributed by atoms with van der Waals surface area (Å²) in [6, 6.07) is 16.6. The van der Waals surface area contributed by atoms with Crippen LogP contribution in [-0.4, -0.2) is 11.8 Å². The minimum absolute atomic E-state index is 0.0916. The van der Waals surface area contributed by atoms with Crippen molar-refractivity contribution in [1.29, 1.82) is 0 Å². The number of hydrogen-bond donors (Lipinski definition) is 0. The molecule has 2 aliphatic rings. The molecule has 24 heavy (non-hydrogen) atoms. The van der Waals surface area contributed by atoms with Gasteiger partial charge in [0.05, 0.1) is 17.5 Å². The van der Waals surface area contributed by atoms with E-state index in [1.54, 1.807) is 24.3 Å². The largest absolute Gasteiger partial charge is 0.457 e. The van der Waals surface area contributed by atoms with Crippen LogP contribution in [0.4, 0.5) is 5.69 Å². The molecule has 0 aromatic heterocycles. The minimum Gasteiger partial charge on any atom is -0.457 e. The van der Waals surface area contributed by atoms with Gasteiger partial charge in [0.15, 0.2) is 0 Å². The van der Waals surface area contributed by atoms with Gasteiger partial charge in [0.2, 0.25) is 11.8 Å². The van der Waals surface area contributed by atoms with E-state index in [1.165, 1.54) is 4.90 Å². The Balaban J connectivity index is 1.55. The highest BCUT2D eigenvalue weighted by molar-refractivity contribution is 6.22. The molecule has 1 saturated heterocycles. The molecule has 0 spiro atoms. The molecule has 4 rings (SSSR count). The Morgan fingerprint density at radius 1 is 0.750 bits per heavy atom. The second-order valence-corrected chi connectivity index (χ2v) is 6.08. The number of benzene rings is 2. The number of ether oxygens (including phenoxy) is 1. The third-order valence-corrected chi connectivity index (χ3v) is 4.58.